The first-order valence-corrected chi connectivity index (χ1v) is 16.5. The molecule has 8 nitrogen and oxygen atoms in total. The van der Waals surface area contributed by atoms with Gasteiger partial charge in [-0.15, -0.1) is 0 Å². The zero-order valence-corrected chi connectivity index (χ0v) is 24.6. The van der Waals surface area contributed by atoms with Crippen molar-refractivity contribution in [1.82, 2.24) is 19.0 Å². The lowest BCUT2D eigenvalue weighted by molar-refractivity contribution is -0.136. The number of hydrogen-bond donors (Lipinski definition) is 0. The number of aryl methyl sites for hydroxylation is 1. The molecule has 38 heavy (non-hydrogen) atoms. The topological polar surface area (TPSA) is 73.4 Å². The van der Waals surface area contributed by atoms with Crippen molar-refractivity contribution >= 4 is 15.9 Å². The highest BCUT2D eigenvalue weighted by molar-refractivity contribution is 7.88. The number of hydrogen-bond acceptors (Lipinski definition) is 6. The van der Waals surface area contributed by atoms with E-state index in [0.29, 0.717) is 31.6 Å². The van der Waals surface area contributed by atoms with E-state index in [9.17, 15) is 13.2 Å². The van der Waals surface area contributed by atoms with Gasteiger partial charge in [-0.1, -0.05) is 13.0 Å². The number of piperidine rings is 1. The summed E-state index contributed by atoms with van der Waals surface area (Å²) in [4.78, 5) is 19.9. The number of methoxy groups -OCH3 is 1. The first kappa shape index (κ1) is 29.3. The van der Waals surface area contributed by atoms with Crippen LogP contribution in [0.1, 0.15) is 56.6 Å². The first-order chi connectivity index (χ1) is 18.3. The summed E-state index contributed by atoms with van der Waals surface area (Å²) in [5.41, 5.74) is 2.90. The Labute approximate surface area is 230 Å². The number of piperazine rings is 1. The number of sulfonamides is 1. The van der Waals surface area contributed by atoms with Crippen LogP contribution in [-0.2, 0) is 27.7 Å². The predicted molar refractivity (Wildman–Crippen MR) is 152 cm³/mol. The van der Waals surface area contributed by atoms with Crippen molar-refractivity contribution in [2.45, 2.75) is 64.3 Å². The minimum Gasteiger partial charge on any atom is -0.497 e. The van der Waals surface area contributed by atoms with E-state index in [1.807, 2.05) is 0 Å². The Morgan fingerprint density at radius 3 is 2.50 bits per heavy atom. The summed E-state index contributed by atoms with van der Waals surface area (Å²) in [6.45, 7) is 9.68. The van der Waals surface area contributed by atoms with Gasteiger partial charge in [0.05, 0.1) is 19.9 Å². The van der Waals surface area contributed by atoms with E-state index in [1.54, 1.807) is 11.4 Å². The quantitative estimate of drug-likeness (QED) is 0.374. The molecule has 214 valence electrons. The summed E-state index contributed by atoms with van der Waals surface area (Å²) in [5, 5.41) is 0. The Balaban J connectivity index is 1.16. The fraction of sp³-hybridized carbons (Fsp3) is 0.759. The molecule has 1 amide bonds. The van der Waals surface area contributed by atoms with Crippen molar-refractivity contribution in [2.75, 3.05) is 72.3 Å². The highest BCUT2D eigenvalue weighted by Gasteiger charge is 2.29. The molecule has 0 spiro atoms. The molecule has 1 aromatic rings. The van der Waals surface area contributed by atoms with Gasteiger partial charge in [-0.05, 0) is 93.6 Å². The number of rotatable bonds is 12. The number of amides is 1. The molecular formula is C29H48N4O4S. The van der Waals surface area contributed by atoms with Crippen LogP contribution >= 0.6 is 0 Å². The minimum absolute atomic E-state index is 0.244. The summed E-state index contributed by atoms with van der Waals surface area (Å²) in [6, 6.07) is 7.11. The highest BCUT2D eigenvalue weighted by Crippen LogP contribution is 2.28. The molecule has 1 unspecified atom stereocenters. The molecule has 2 fully saturated rings. The lowest BCUT2D eigenvalue weighted by atomic mass is 9.87. The molecule has 2 saturated heterocycles. The third kappa shape index (κ3) is 7.93. The zero-order chi connectivity index (χ0) is 27.1. The van der Waals surface area contributed by atoms with E-state index in [2.05, 4.69) is 39.8 Å². The number of fused-ring (bicyclic) bond motifs is 1. The second-order valence-corrected chi connectivity index (χ2v) is 13.5. The van der Waals surface area contributed by atoms with Crippen LogP contribution in [-0.4, -0.2) is 112 Å². The molecule has 2 aliphatic heterocycles. The van der Waals surface area contributed by atoms with E-state index in [-0.39, 0.29) is 5.91 Å². The Kier molecular flexibility index (Phi) is 10.5. The third-order valence-corrected chi connectivity index (χ3v) is 10.0. The van der Waals surface area contributed by atoms with E-state index >= 15 is 0 Å². The number of ether oxygens (including phenoxy) is 1. The summed E-state index contributed by atoms with van der Waals surface area (Å²) in [6.07, 6.45) is 9.84. The Morgan fingerprint density at radius 2 is 1.82 bits per heavy atom. The Bertz CT molecular complexity index is 1030. The minimum atomic E-state index is -3.09. The van der Waals surface area contributed by atoms with Gasteiger partial charge in [0.2, 0.25) is 15.9 Å². The molecule has 9 heteroatoms. The van der Waals surface area contributed by atoms with Crippen LogP contribution in [0.3, 0.4) is 0 Å². The standard InChI is InChI=1S/C29H48N4O4S/c1-4-13-31(27-9-7-25-8-10-28(37-2)21-26(25)20-27)14-5-6-15-32-19-18-30(23-29(32)34)22-24-11-16-33(17-12-24)38(3,35)36/h8,10,21,24,27H,4-7,9,11-20,22-23H2,1-3H3. The van der Waals surface area contributed by atoms with Gasteiger partial charge in [0.25, 0.3) is 0 Å². The summed E-state index contributed by atoms with van der Waals surface area (Å²) in [7, 11) is -1.35. The largest absolute Gasteiger partial charge is 0.497 e. The summed E-state index contributed by atoms with van der Waals surface area (Å²) in [5.74, 6) is 1.67. The normalized spacial score (nSPS) is 22.2. The molecule has 0 bridgehead atoms. The molecule has 1 atom stereocenters. The number of carbonyl (C=O) groups is 1. The van der Waals surface area contributed by atoms with Crippen LogP contribution in [0.5, 0.6) is 5.75 Å². The fourth-order valence-electron chi connectivity index (χ4n) is 6.47. The van der Waals surface area contributed by atoms with E-state index in [1.165, 1.54) is 23.8 Å². The smallest absolute Gasteiger partial charge is 0.236 e. The molecular weight excluding hydrogens is 500 g/mol. The van der Waals surface area contributed by atoms with Crippen molar-refractivity contribution in [3.05, 3.63) is 29.3 Å². The SMILES string of the molecule is CCCN(CCCCN1CCN(CC2CCN(S(C)(=O)=O)CC2)CC1=O)C1CCc2ccc(OC)cc2C1. The van der Waals surface area contributed by atoms with Crippen LogP contribution < -0.4 is 4.74 Å². The molecule has 0 aromatic heterocycles. The number of unbranched alkanes of at least 4 members (excludes halogenated alkanes) is 1. The second kappa shape index (κ2) is 13.6. The van der Waals surface area contributed by atoms with Crippen LogP contribution in [0.15, 0.2) is 18.2 Å². The summed E-state index contributed by atoms with van der Waals surface area (Å²) >= 11 is 0. The maximum absolute atomic E-state index is 12.9. The van der Waals surface area contributed by atoms with E-state index in [4.69, 9.17) is 4.74 Å². The van der Waals surface area contributed by atoms with Crippen LogP contribution in [0.4, 0.5) is 0 Å². The molecule has 3 aliphatic rings. The Hall–Kier alpha value is -1.68. The molecule has 2 heterocycles. The average Bonchev–Trinajstić information content (AvgIpc) is 2.90. The van der Waals surface area contributed by atoms with Crippen molar-refractivity contribution in [3.8, 4) is 5.75 Å². The number of nitrogens with zero attached hydrogens (tertiary/aromatic N) is 4. The molecule has 0 N–H and O–H groups in total. The molecule has 1 aromatic carbocycles. The first-order valence-electron chi connectivity index (χ1n) is 14.6. The second-order valence-electron chi connectivity index (χ2n) is 11.5. The fourth-order valence-corrected chi connectivity index (χ4v) is 7.35. The van der Waals surface area contributed by atoms with Crippen molar-refractivity contribution in [1.29, 1.82) is 0 Å². The van der Waals surface area contributed by atoms with Crippen molar-refractivity contribution in [2.24, 2.45) is 5.92 Å². The lowest BCUT2D eigenvalue weighted by Crippen LogP contribution is -2.52. The summed E-state index contributed by atoms with van der Waals surface area (Å²) < 4.78 is 30.5. The lowest BCUT2D eigenvalue weighted by Gasteiger charge is -2.38. The van der Waals surface area contributed by atoms with Crippen LogP contribution in [0.2, 0.25) is 0 Å². The molecule has 0 saturated carbocycles. The van der Waals surface area contributed by atoms with Crippen molar-refractivity contribution in [3.63, 3.8) is 0 Å². The molecule has 4 rings (SSSR count). The molecule has 1 aliphatic carbocycles. The van der Waals surface area contributed by atoms with Gasteiger partial charge in [0.15, 0.2) is 0 Å². The van der Waals surface area contributed by atoms with Gasteiger partial charge in [0.1, 0.15) is 5.75 Å². The maximum Gasteiger partial charge on any atom is 0.236 e. The average molecular weight is 549 g/mol. The van der Waals surface area contributed by atoms with Gasteiger partial charge in [-0.3, -0.25) is 9.69 Å². The van der Waals surface area contributed by atoms with E-state index < -0.39 is 10.0 Å². The van der Waals surface area contributed by atoms with Crippen LogP contribution in [0.25, 0.3) is 0 Å². The van der Waals surface area contributed by atoms with Gasteiger partial charge >= 0.3 is 0 Å². The predicted octanol–water partition coefficient (Wildman–Crippen LogP) is 2.86. The molecule has 0 radical (unpaired) electrons. The number of carbonyl (C=O) groups excluding carboxylic acids is 1. The highest BCUT2D eigenvalue weighted by atomic mass is 32.2. The Morgan fingerprint density at radius 1 is 1.03 bits per heavy atom. The zero-order valence-electron chi connectivity index (χ0n) is 23.7. The van der Waals surface area contributed by atoms with Gasteiger partial charge in [0, 0.05) is 45.3 Å². The maximum atomic E-state index is 12.9. The van der Waals surface area contributed by atoms with Gasteiger partial charge < -0.3 is 14.5 Å². The van der Waals surface area contributed by atoms with Crippen LogP contribution in [0, 0.1) is 5.92 Å². The van der Waals surface area contributed by atoms with Gasteiger partial charge in [-0.2, -0.15) is 0 Å². The number of benzene rings is 1. The third-order valence-electron chi connectivity index (χ3n) is 8.72. The monoisotopic (exact) mass is 548 g/mol. The van der Waals surface area contributed by atoms with E-state index in [0.717, 1.165) is 90.0 Å². The van der Waals surface area contributed by atoms with Crippen molar-refractivity contribution < 1.29 is 17.9 Å². The van der Waals surface area contributed by atoms with Gasteiger partial charge in [-0.25, -0.2) is 12.7 Å².